The molecule has 2 rings (SSSR count). The number of ether oxygens (including phenoxy) is 1. The fourth-order valence-corrected chi connectivity index (χ4v) is 2.00. The second kappa shape index (κ2) is 5.14. The minimum atomic E-state index is -0.491. The van der Waals surface area contributed by atoms with Crippen LogP contribution in [0.3, 0.4) is 0 Å². The van der Waals surface area contributed by atoms with Crippen LogP contribution < -0.4 is 15.8 Å². The zero-order valence-corrected chi connectivity index (χ0v) is 9.90. The van der Waals surface area contributed by atoms with Crippen LogP contribution in [0.4, 0.5) is 0 Å². The lowest BCUT2D eigenvalue weighted by molar-refractivity contribution is 0.0986. The summed E-state index contributed by atoms with van der Waals surface area (Å²) in [4.78, 5) is 15.5. The first-order valence-electron chi connectivity index (χ1n) is 5.81. The van der Waals surface area contributed by atoms with Gasteiger partial charge in [-0.1, -0.05) is 0 Å². The second-order valence-corrected chi connectivity index (χ2v) is 4.26. The lowest BCUT2D eigenvalue weighted by atomic mass is 10.1. The quantitative estimate of drug-likeness (QED) is 0.805. The van der Waals surface area contributed by atoms with Crippen molar-refractivity contribution >= 4 is 5.91 Å². The SMILES string of the molecule is Cc1ccnc(OC2CCCNC2)c1C(N)=O. The summed E-state index contributed by atoms with van der Waals surface area (Å²) in [5.74, 6) is -0.138. The van der Waals surface area contributed by atoms with Crippen LogP contribution in [0, 0.1) is 6.92 Å². The van der Waals surface area contributed by atoms with E-state index in [9.17, 15) is 4.79 Å². The van der Waals surface area contributed by atoms with Gasteiger partial charge in [-0.2, -0.15) is 0 Å². The Bertz CT molecular complexity index is 414. The zero-order chi connectivity index (χ0) is 12.3. The van der Waals surface area contributed by atoms with Crippen molar-refractivity contribution in [1.82, 2.24) is 10.3 Å². The molecule has 1 fully saturated rings. The number of primary amides is 1. The largest absolute Gasteiger partial charge is 0.472 e. The van der Waals surface area contributed by atoms with Crippen molar-refractivity contribution in [2.45, 2.75) is 25.9 Å². The molecular formula is C12H17N3O2. The molecule has 1 aliphatic heterocycles. The molecule has 92 valence electrons. The number of pyridine rings is 1. The Morgan fingerprint density at radius 1 is 1.65 bits per heavy atom. The number of nitrogens with zero attached hydrogens (tertiary/aromatic N) is 1. The van der Waals surface area contributed by atoms with E-state index in [-0.39, 0.29) is 6.10 Å². The van der Waals surface area contributed by atoms with E-state index in [1.165, 1.54) is 0 Å². The number of amides is 1. The molecular weight excluding hydrogens is 218 g/mol. The first-order chi connectivity index (χ1) is 8.18. The van der Waals surface area contributed by atoms with Gasteiger partial charge in [-0.3, -0.25) is 4.79 Å². The fraction of sp³-hybridized carbons (Fsp3) is 0.500. The number of carbonyl (C=O) groups excluding carboxylic acids is 1. The van der Waals surface area contributed by atoms with Crippen LogP contribution in [0.2, 0.25) is 0 Å². The lowest BCUT2D eigenvalue weighted by Gasteiger charge is -2.24. The molecule has 5 heteroatoms. The van der Waals surface area contributed by atoms with Crippen LogP contribution in [0.15, 0.2) is 12.3 Å². The van der Waals surface area contributed by atoms with Crippen molar-refractivity contribution in [3.63, 3.8) is 0 Å². The Balaban J connectivity index is 2.19. The molecule has 5 nitrogen and oxygen atoms in total. The van der Waals surface area contributed by atoms with Crippen LogP contribution in [0.5, 0.6) is 5.88 Å². The molecule has 1 amide bonds. The highest BCUT2D eigenvalue weighted by molar-refractivity contribution is 5.96. The summed E-state index contributed by atoms with van der Waals surface area (Å²) in [6.45, 7) is 3.63. The summed E-state index contributed by atoms with van der Waals surface area (Å²) >= 11 is 0. The number of aromatic nitrogens is 1. The standard InChI is InChI=1S/C12H17N3O2/c1-8-4-6-15-12(10(8)11(13)16)17-9-3-2-5-14-7-9/h4,6,9,14H,2-3,5,7H2,1H3,(H2,13,16). The van der Waals surface area contributed by atoms with Gasteiger partial charge >= 0.3 is 0 Å². The molecule has 1 aliphatic rings. The minimum absolute atomic E-state index is 0.0659. The number of carbonyl (C=O) groups is 1. The van der Waals surface area contributed by atoms with Crippen LogP contribution in [0.25, 0.3) is 0 Å². The lowest BCUT2D eigenvalue weighted by Crippen LogP contribution is -2.37. The maximum Gasteiger partial charge on any atom is 0.254 e. The molecule has 0 aromatic carbocycles. The molecule has 0 aliphatic carbocycles. The molecule has 1 aromatic heterocycles. The van der Waals surface area contributed by atoms with E-state index in [4.69, 9.17) is 10.5 Å². The van der Waals surface area contributed by atoms with Gasteiger partial charge < -0.3 is 15.8 Å². The molecule has 1 atom stereocenters. The van der Waals surface area contributed by atoms with Crippen molar-refractivity contribution in [2.24, 2.45) is 5.73 Å². The Morgan fingerprint density at radius 3 is 3.12 bits per heavy atom. The highest BCUT2D eigenvalue weighted by atomic mass is 16.5. The summed E-state index contributed by atoms with van der Waals surface area (Å²) in [5.41, 5.74) is 6.53. The van der Waals surface area contributed by atoms with Crippen molar-refractivity contribution < 1.29 is 9.53 Å². The van der Waals surface area contributed by atoms with E-state index >= 15 is 0 Å². The van der Waals surface area contributed by atoms with Crippen molar-refractivity contribution in [3.05, 3.63) is 23.4 Å². The Kier molecular flexibility index (Phi) is 3.58. The number of aryl methyl sites for hydroxylation is 1. The maximum absolute atomic E-state index is 11.4. The fourth-order valence-electron chi connectivity index (χ4n) is 2.00. The van der Waals surface area contributed by atoms with Gasteiger partial charge in [-0.25, -0.2) is 4.98 Å². The third-order valence-corrected chi connectivity index (χ3v) is 2.90. The molecule has 1 aromatic rings. The summed E-state index contributed by atoms with van der Waals surface area (Å²) in [6.07, 6.45) is 3.74. The summed E-state index contributed by atoms with van der Waals surface area (Å²) in [7, 11) is 0. The average molecular weight is 235 g/mol. The second-order valence-electron chi connectivity index (χ2n) is 4.26. The van der Waals surface area contributed by atoms with E-state index in [2.05, 4.69) is 10.3 Å². The average Bonchev–Trinajstić information content (AvgIpc) is 2.30. The number of rotatable bonds is 3. The summed E-state index contributed by atoms with van der Waals surface area (Å²) in [5, 5.41) is 3.25. The van der Waals surface area contributed by atoms with E-state index in [1.54, 1.807) is 12.3 Å². The van der Waals surface area contributed by atoms with Gasteiger partial charge in [0.05, 0.1) is 0 Å². The predicted octanol–water partition coefficient (Wildman–Crippen LogP) is 0.620. The first-order valence-corrected chi connectivity index (χ1v) is 5.81. The molecule has 2 heterocycles. The van der Waals surface area contributed by atoms with Gasteiger partial charge in [-0.05, 0) is 37.9 Å². The van der Waals surface area contributed by atoms with Gasteiger partial charge in [0.25, 0.3) is 5.91 Å². The van der Waals surface area contributed by atoms with E-state index < -0.39 is 5.91 Å². The Hall–Kier alpha value is -1.62. The van der Waals surface area contributed by atoms with Crippen LogP contribution in [-0.2, 0) is 0 Å². The molecule has 17 heavy (non-hydrogen) atoms. The summed E-state index contributed by atoms with van der Waals surface area (Å²) in [6, 6.07) is 1.76. The van der Waals surface area contributed by atoms with Crippen LogP contribution in [-0.4, -0.2) is 30.1 Å². The zero-order valence-electron chi connectivity index (χ0n) is 9.90. The van der Waals surface area contributed by atoms with Crippen molar-refractivity contribution in [3.8, 4) is 5.88 Å². The number of hydrogen-bond donors (Lipinski definition) is 2. The molecule has 0 bridgehead atoms. The van der Waals surface area contributed by atoms with E-state index in [1.807, 2.05) is 6.92 Å². The third-order valence-electron chi connectivity index (χ3n) is 2.90. The molecule has 3 N–H and O–H groups in total. The molecule has 1 saturated heterocycles. The number of nitrogens with two attached hydrogens (primary N) is 1. The maximum atomic E-state index is 11.4. The van der Waals surface area contributed by atoms with E-state index in [0.29, 0.717) is 11.4 Å². The topological polar surface area (TPSA) is 77.2 Å². The van der Waals surface area contributed by atoms with Gasteiger partial charge in [0, 0.05) is 12.7 Å². The highest BCUT2D eigenvalue weighted by Crippen LogP contribution is 2.21. The molecule has 1 unspecified atom stereocenters. The molecule has 0 radical (unpaired) electrons. The Morgan fingerprint density at radius 2 is 2.47 bits per heavy atom. The van der Waals surface area contributed by atoms with Gasteiger partial charge in [0.2, 0.25) is 5.88 Å². The van der Waals surface area contributed by atoms with Gasteiger partial charge in [0.15, 0.2) is 0 Å². The van der Waals surface area contributed by atoms with Crippen molar-refractivity contribution in [2.75, 3.05) is 13.1 Å². The number of hydrogen-bond acceptors (Lipinski definition) is 4. The third kappa shape index (κ3) is 2.74. The number of nitrogens with one attached hydrogen (secondary N) is 1. The van der Waals surface area contributed by atoms with Gasteiger partial charge in [0.1, 0.15) is 11.7 Å². The highest BCUT2D eigenvalue weighted by Gasteiger charge is 2.19. The first kappa shape index (κ1) is 11.9. The normalized spacial score (nSPS) is 19.9. The Labute approximate surface area is 100 Å². The van der Waals surface area contributed by atoms with Crippen LogP contribution in [0.1, 0.15) is 28.8 Å². The summed E-state index contributed by atoms with van der Waals surface area (Å²) < 4.78 is 5.75. The monoisotopic (exact) mass is 235 g/mol. The number of piperidine rings is 1. The predicted molar refractivity (Wildman–Crippen MR) is 64.0 cm³/mol. The minimum Gasteiger partial charge on any atom is -0.472 e. The van der Waals surface area contributed by atoms with Gasteiger partial charge in [-0.15, -0.1) is 0 Å². The van der Waals surface area contributed by atoms with Crippen LogP contribution >= 0.6 is 0 Å². The smallest absolute Gasteiger partial charge is 0.254 e. The molecule has 0 saturated carbocycles. The molecule has 0 spiro atoms. The van der Waals surface area contributed by atoms with E-state index in [0.717, 1.165) is 31.5 Å². The van der Waals surface area contributed by atoms with Crippen molar-refractivity contribution in [1.29, 1.82) is 0 Å².